The second kappa shape index (κ2) is 9.78. The maximum Gasteiger partial charge on any atom is 0.161 e. The predicted octanol–water partition coefficient (Wildman–Crippen LogP) is 3.83. The number of hydrogen-bond acceptors (Lipinski definition) is 6. The number of hydrogen-bond donors (Lipinski definition) is 0. The number of carbonyl (C=O) groups is 2. The van der Waals surface area contributed by atoms with Gasteiger partial charge in [-0.25, -0.2) is 0 Å². The van der Waals surface area contributed by atoms with Gasteiger partial charge in [0.05, 0.1) is 20.6 Å². The lowest BCUT2D eigenvalue weighted by molar-refractivity contribution is -0.104. The number of aldehydes is 2. The largest absolute Gasteiger partial charge is 0.501 e. The number of rotatable bonds is 9. The smallest absolute Gasteiger partial charge is 0.161 e. The van der Waals surface area contributed by atoms with E-state index >= 15 is 0 Å². The van der Waals surface area contributed by atoms with Crippen LogP contribution in [-0.4, -0.2) is 39.8 Å². The molecule has 0 saturated heterocycles. The number of allylic oxidation sites excluding steroid dienone is 4. The van der Waals surface area contributed by atoms with Crippen molar-refractivity contribution in [1.29, 1.82) is 0 Å². The summed E-state index contributed by atoms with van der Waals surface area (Å²) in [6, 6.07) is 4.98. The third kappa shape index (κ3) is 5.46. The average Bonchev–Trinajstić information content (AvgIpc) is 2.87. The summed E-state index contributed by atoms with van der Waals surface area (Å²) in [7, 11) is 2.16. The van der Waals surface area contributed by atoms with Crippen LogP contribution in [0.15, 0.2) is 53.5 Å². The first kappa shape index (κ1) is 19.7. The highest BCUT2D eigenvalue weighted by Gasteiger charge is 2.14. The highest BCUT2D eigenvalue weighted by atomic mass is 31.1. The lowest BCUT2D eigenvalue weighted by atomic mass is 10.2. The molecule has 1 unspecified atom stereocenters. The zero-order valence-electron chi connectivity index (χ0n) is 14.9. The summed E-state index contributed by atoms with van der Waals surface area (Å²) >= 11 is 0. The van der Waals surface area contributed by atoms with E-state index in [-0.39, 0.29) is 0 Å². The van der Waals surface area contributed by atoms with Gasteiger partial charge in [0.25, 0.3) is 0 Å². The molecule has 7 heteroatoms. The van der Waals surface area contributed by atoms with Crippen molar-refractivity contribution in [2.45, 2.75) is 6.42 Å². The monoisotopic (exact) mass is 376 g/mol. The van der Waals surface area contributed by atoms with Gasteiger partial charge in [-0.05, 0) is 43.1 Å². The quantitative estimate of drug-likeness (QED) is 0.482. The molecule has 1 aromatic rings. The Morgan fingerprint density at radius 2 is 1.85 bits per heavy atom. The summed E-state index contributed by atoms with van der Waals surface area (Å²) in [4.78, 5) is 21.8. The first-order valence-electron chi connectivity index (χ1n) is 7.85. The molecule has 138 valence electrons. The fourth-order valence-corrected chi connectivity index (χ4v) is 3.13. The maximum atomic E-state index is 11.0. The van der Waals surface area contributed by atoms with Crippen LogP contribution in [0.4, 0.5) is 0 Å². The van der Waals surface area contributed by atoms with Gasteiger partial charge >= 0.3 is 0 Å². The summed E-state index contributed by atoms with van der Waals surface area (Å²) in [5, 5.41) is 0. The molecule has 0 aromatic heterocycles. The molecular formula is C19H21O6P. The Morgan fingerprint density at radius 3 is 2.50 bits per heavy atom. The molecule has 0 aliphatic heterocycles. The van der Waals surface area contributed by atoms with Gasteiger partial charge < -0.3 is 18.7 Å². The second-order valence-corrected chi connectivity index (χ2v) is 7.13. The van der Waals surface area contributed by atoms with Crippen molar-refractivity contribution in [2.75, 3.05) is 27.2 Å². The Morgan fingerprint density at radius 1 is 1.04 bits per heavy atom. The lowest BCUT2D eigenvalue weighted by Gasteiger charge is -2.18. The molecule has 2 rings (SSSR count). The normalized spacial score (nSPS) is 14.8. The number of carbonyl (C=O) groups excluding carboxylic acids is 2. The van der Waals surface area contributed by atoms with Crippen molar-refractivity contribution in [1.82, 2.24) is 0 Å². The topological polar surface area (TPSA) is 71.1 Å². The molecule has 1 aliphatic carbocycles. The van der Waals surface area contributed by atoms with E-state index in [9.17, 15) is 9.59 Å². The highest BCUT2D eigenvalue weighted by Crippen LogP contribution is 2.39. The van der Waals surface area contributed by atoms with Gasteiger partial charge in [-0.2, -0.15) is 0 Å². The van der Waals surface area contributed by atoms with Crippen molar-refractivity contribution < 1.29 is 28.3 Å². The minimum atomic E-state index is -0.926. The van der Waals surface area contributed by atoms with E-state index in [1.807, 2.05) is 6.66 Å². The highest BCUT2D eigenvalue weighted by molar-refractivity contribution is 7.51. The first-order chi connectivity index (χ1) is 12.6. The molecule has 6 nitrogen and oxygen atoms in total. The molecule has 26 heavy (non-hydrogen) atoms. The van der Waals surface area contributed by atoms with Gasteiger partial charge in [-0.3, -0.25) is 9.59 Å². The molecule has 1 aromatic carbocycles. The van der Waals surface area contributed by atoms with Crippen molar-refractivity contribution >= 4 is 20.7 Å². The first-order valence-corrected chi connectivity index (χ1v) is 9.74. The summed E-state index contributed by atoms with van der Waals surface area (Å²) in [5.74, 6) is 2.40. The minimum Gasteiger partial charge on any atom is -0.501 e. The van der Waals surface area contributed by atoms with Crippen LogP contribution in [0.5, 0.6) is 11.5 Å². The number of benzene rings is 1. The van der Waals surface area contributed by atoms with Gasteiger partial charge in [-0.15, -0.1) is 0 Å². The molecule has 0 saturated carbocycles. The van der Waals surface area contributed by atoms with Crippen LogP contribution >= 0.6 is 8.15 Å². The van der Waals surface area contributed by atoms with E-state index in [4.69, 9.17) is 18.7 Å². The SMILES string of the molecule is COC1=CC(C=O)=CC=C(OP(C)COc2ccc(C=O)cc2OC)C1. The van der Waals surface area contributed by atoms with Crippen LogP contribution in [0.2, 0.25) is 0 Å². The van der Waals surface area contributed by atoms with Crippen molar-refractivity contribution in [3.05, 3.63) is 59.1 Å². The molecule has 0 radical (unpaired) electrons. The van der Waals surface area contributed by atoms with Gasteiger partial charge in [0, 0.05) is 11.1 Å². The molecule has 0 N–H and O–H groups in total. The Hall–Kier alpha value is -2.59. The van der Waals surface area contributed by atoms with E-state index in [1.54, 1.807) is 43.5 Å². The average molecular weight is 376 g/mol. The Balaban J connectivity index is 1.99. The van der Waals surface area contributed by atoms with Gasteiger partial charge in [0.15, 0.2) is 11.5 Å². The fraction of sp³-hybridized carbons (Fsp3) is 0.263. The zero-order chi connectivity index (χ0) is 18.9. The lowest BCUT2D eigenvalue weighted by Crippen LogP contribution is -2.01. The van der Waals surface area contributed by atoms with E-state index in [1.165, 1.54) is 7.11 Å². The summed E-state index contributed by atoms with van der Waals surface area (Å²) in [6.07, 6.45) is 7.49. The molecule has 0 spiro atoms. The van der Waals surface area contributed by atoms with Gasteiger partial charge in [0.1, 0.15) is 38.6 Å². The summed E-state index contributed by atoms with van der Waals surface area (Å²) in [6.45, 7) is 1.94. The summed E-state index contributed by atoms with van der Waals surface area (Å²) in [5.41, 5.74) is 1.04. The molecule has 0 bridgehead atoms. The van der Waals surface area contributed by atoms with Crippen LogP contribution in [0.3, 0.4) is 0 Å². The van der Waals surface area contributed by atoms with E-state index in [2.05, 4.69) is 0 Å². The second-order valence-electron chi connectivity index (χ2n) is 5.43. The number of ether oxygens (including phenoxy) is 3. The van der Waals surface area contributed by atoms with Crippen molar-refractivity contribution in [3.8, 4) is 11.5 Å². The van der Waals surface area contributed by atoms with E-state index in [0.717, 1.165) is 12.6 Å². The Kier molecular flexibility index (Phi) is 7.42. The van der Waals surface area contributed by atoms with E-state index < -0.39 is 8.15 Å². The third-order valence-corrected chi connectivity index (χ3v) is 4.57. The summed E-state index contributed by atoms with van der Waals surface area (Å²) < 4.78 is 22.2. The maximum absolute atomic E-state index is 11.0. The van der Waals surface area contributed by atoms with Crippen LogP contribution in [0.1, 0.15) is 16.8 Å². The van der Waals surface area contributed by atoms with Crippen LogP contribution < -0.4 is 9.47 Å². The van der Waals surface area contributed by atoms with Crippen LogP contribution in [-0.2, 0) is 14.1 Å². The zero-order valence-corrected chi connectivity index (χ0v) is 15.8. The molecular weight excluding hydrogens is 355 g/mol. The Bertz CT molecular complexity index is 750. The third-order valence-electron chi connectivity index (χ3n) is 3.53. The molecule has 0 fully saturated rings. The van der Waals surface area contributed by atoms with Crippen LogP contribution in [0, 0.1) is 0 Å². The Labute approximate surface area is 153 Å². The molecule has 1 atom stereocenters. The van der Waals surface area contributed by atoms with Gasteiger partial charge in [-0.1, -0.05) is 0 Å². The van der Waals surface area contributed by atoms with Crippen molar-refractivity contribution in [3.63, 3.8) is 0 Å². The molecule has 1 aliphatic rings. The van der Waals surface area contributed by atoms with Gasteiger partial charge in [0.2, 0.25) is 0 Å². The van der Waals surface area contributed by atoms with E-state index in [0.29, 0.717) is 46.9 Å². The molecule has 0 amide bonds. The standard InChI is InChI=1S/C19H21O6P/c1-22-17-8-14(11-20)4-6-16(10-17)25-26(3)13-24-18-7-5-15(12-21)9-19(18)23-2/h4-9,11-12H,10,13H2,1-3H3. The number of methoxy groups -OCH3 is 2. The molecule has 0 heterocycles. The fourth-order valence-electron chi connectivity index (χ4n) is 2.24. The predicted molar refractivity (Wildman–Crippen MR) is 99.7 cm³/mol. The van der Waals surface area contributed by atoms with Crippen molar-refractivity contribution in [2.24, 2.45) is 0 Å². The minimum absolute atomic E-state index is 0.347. The van der Waals surface area contributed by atoms with Crippen LogP contribution in [0.25, 0.3) is 0 Å².